The number of aromatic amines is 1. The lowest BCUT2D eigenvalue weighted by Crippen LogP contribution is -2.38. The van der Waals surface area contributed by atoms with Gasteiger partial charge in [-0.15, -0.1) is 0 Å². The Morgan fingerprint density at radius 3 is 2.88 bits per heavy atom. The van der Waals surface area contributed by atoms with Gasteiger partial charge in [-0.25, -0.2) is 9.37 Å². The number of hydrogen-bond donors (Lipinski definition) is 3. The molecule has 1 aliphatic carbocycles. The van der Waals surface area contributed by atoms with Crippen LogP contribution in [0, 0.1) is 5.82 Å². The molecular formula is C27H31ClFN5O6. The molecule has 11 nitrogen and oxygen atoms in total. The number of anilines is 1. The molecule has 40 heavy (non-hydrogen) atoms. The quantitative estimate of drug-likeness (QED) is 0.369. The minimum Gasteiger partial charge on any atom is -0.492 e. The third-order valence-electron chi connectivity index (χ3n) is 7.98. The van der Waals surface area contributed by atoms with Crippen molar-refractivity contribution in [1.29, 1.82) is 0 Å². The van der Waals surface area contributed by atoms with Crippen LogP contribution in [0.4, 0.5) is 10.2 Å². The molecule has 214 valence electrons. The lowest BCUT2D eigenvalue weighted by Gasteiger charge is -2.26. The van der Waals surface area contributed by atoms with E-state index in [9.17, 15) is 5.11 Å². The maximum Gasteiger partial charge on any atom is 0.296 e. The Bertz CT molecular complexity index is 1390. The predicted octanol–water partition coefficient (Wildman–Crippen LogP) is 2.47. The fourth-order valence-corrected chi connectivity index (χ4v) is 6.15. The summed E-state index contributed by atoms with van der Waals surface area (Å²) in [6.07, 6.45) is -0.400. The SMILES string of the molecule is O[C@@H]1CO[C@H]2[C@@H]1OC[C@H]2Oc1nc2nc(NC3CCc4cc(OCCN5CCOCC5)cc(F)c43)c(Cl)cc2[nH]1. The van der Waals surface area contributed by atoms with Crippen LogP contribution in [0.15, 0.2) is 18.2 Å². The molecule has 5 atom stereocenters. The van der Waals surface area contributed by atoms with E-state index in [2.05, 4.69) is 25.2 Å². The van der Waals surface area contributed by atoms with Gasteiger partial charge in [-0.3, -0.25) is 4.90 Å². The largest absolute Gasteiger partial charge is 0.492 e. The van der Waals surface area contributed by atoms with Gasteiger partial charge in [-0.1, -0.05) is 11.6 Å². The van der Waals surface area contributed by atoms with Gasteiger partial charge in [0.2, 0.25) is 0 Å². The molecule has 13 heteroatoms. The van der Waals surface area contributed by atoms with Gasteiger partial charge in [0.1, 0.15) is 42.3 Å². The summed E-state index contributed by atoms with van der Waals surface area (Å²) in [5.74, 6) is 0.656. The fourth-order valence-electron chi connectivity index (χ4n) is 5.94. The molecular weight excluding hydrogens is 545 g/mol. The van der Waals surface area contributed by atoms with E-state index in [0.717, 1.165) is 38.4 Å². The van der Waals surface area contributed by atoms with E-state index in [0.29, 0.717) is 52.8 Å². The molecule has 3 fully saturated rings. The van der Waals surface area contributed by atoms with Gasteiger partial charge in [0.25, 0.3) is 6.01 Å². The number of rotatable bonds is 8. The smallest absolute Gasteiger partial charge is 0.296 e. The second kappa shape index (κ2) is 10.9. The van der Waals surface area contributed by atoms with Crippen molar-refractivity contribution in [3.05, 3.63) is 40.2 Å². The zero-order valence-corrected chi connectivity index (χ0v) is 22.5. The number of aliphatic hydroxyl groups excluding tert-OH is 1. The maximum absolute atomic E-state index is 15.3. The minimum absolute atomic E-state index is 0.218. The molecule has 5 heterocycles. The number of aromatic nitrogens is 3. The summed E-state index contributed by atoms with van der Waals surface area (Å²) >= 11 is 6.56. The number of pyridine rings is 1. The van der Waals surface area contributed by atoms with Crippen LogP contribution in [0.2, 0.25) is 5.02 Å². The number of imidazole rings is 1. The number of hydrogen-bond acceptors (Lipinski definition) is 10. The Morgan fingerprint density at radius 1 is 1.15 bits per heavy atom. The van der Waals surface area contributed by atoms with Crippen molar-refractivity contribution < 1.29 is 33.2 Å². The zero-order valence-electron chi connectivity index (χ0n) is 21.8. The Balaban J connectivity index is 1.02. The number of fused-ring (bicyclic) bond motifs is 3. The molecule has 0 spiro atoms. The van der Waals surface area contributed by atoms with Crippen molar-refractivity contribution >= 4 is 28.6 Å². The topological polar surface area (TPSA) is 123 Å². The number of aryl methyl sites for hydroxylation is 1. The van der Waals surface area contributed by atoms with E-state index >= 15 is 4.39 Å². The van der Waals surface area contributed by atoms with Gasteiger partial charge in [-0.05, 0) is 30.5 Å². The normalized spacial score (nSPS) is 28.1. The number of halogens is 2. The molecule has 0 amide bonds. The summed E-state index contributed by atoms with van der Waals surface area (Å²) in [5, 5.41) is 13.6. The summed E-state index contributed by atoms with van der Waals surface area (Å²) in [7, 11) is 0. The summed E-state index contributed by atoms with van der Waals surface area (Å²) in [4.78, 5) is 14.4. The molecule has 1 aromatic carbocycles. The zero-order chi connectivity index (χ0) is 27.2. The molecule has 3 aliphatic heterocycles. The van der Waals surface area contributed by atoms with Crippen molar-refractivity contribution in [1.82, 2.24) is 19.9 Å². The number of H-pyrrole nitrogens is 1. The van der Waals surface area contributed by atoms with Crippen LogP contribution < -0.4 is 14.8 Å². The molecule has 0 saturated carbocycles. The Hall–Kier alpha value is -2.74. The van der Waals surface area contributed by atoms with Gasteiger partial charge >= 0.3 is 0 Å². The predicted molar refractivity (Wildman–Crippen MR) is 143 cm³/mol. The van der Waals surface area contributed by atoms with Crippen LogP contribution >= 0.6 is 11.6 Å². The summed E-state index contributed by atoms with van der Waals surface area (Å²) in [6.45, 7) is 5.04. The fraction of sp³-hybridized carbons (Fsp3) is 0.556. The van der Waals surface area contributed by atoms with Gasteiger partial charge < -0.3 is 39.1 Å². The first kappa shape index (κ1) is 26.2. The molecule has 2 aromatic heterocycles. The van der Waals surface area contributed by atoms with Gasteiger partial charge in [0, 0.05) is 31.3 Å². The summed E-state index contributed by atoms with van der Waals surface area (Å²) < 4.78 is 43.8. The standard InChI is InChI=1S/C27H31ClFN5O6/c28-16-11-19-26(33-27(31-19)40-21-13-39-23-20(35)12-38-24(21)23)32-25(16)30-18-2-1-14-9-15(10-17(29)22(14)18)37-8-5-34-3-6-36-7-4-34/h9-11,18,20-21,23-24,35H,1-8,12-13H2,(H2,30,31,32,33)/t18?,20-,21-,23-,24-/m1/s1. The molecule has 7 rings (SSSR count). The number of ether oxygens (including phenoxy) is 5. The van der Waals surface area contributed by atoms with Crippen molar-refractivity contribution in [3.8, 4) is 11.8 Å². The molecule has 0 radical (unpaired) electrons. The highest BCUT2D eigenvalue weighted by Gasteiger charge is 2.48. The molecule has 3 saturated heterocycles. The minimum atomic E-state index is -0.659. The lowest BCUT2D eigenvalue weighted by molar-refractivity contribution is 0.00706. The van der Waals surface area contributed by atoms with E-state index in [1.165, 1.54) is 6.07 Å². The highest BCUT2D eigenvalue weighted by atomic mass is 35.5. The first-order valence-corrected chi connectivity index (χ1v) is 14.1. The second-order valence-electron chi connectivity index (χ2n) is 10.6. The van der Waals surface area contributed by atoms with Crippen molar-refractivity contribution in [3.63, 3.8) is 0 Å². The van der Waals surface area contributed by atoms with Crippen LogP contribution in [0.5, 0.6) is 11.8 Å². The van der Waals surface area contributed by atoms with E-state index < -0.39 is 18.3 Å². The average Bonchev–Trinajstić information content (AvgIpc) is 3.71. The summed E-state index contributed by atoms with van der Waals surface area (Å²) in [6, 6.07) is 5.08. The lowest BCUT2D eigenvalue weighted by atomic mass is 10.1. The molecule has 1 unspecified atom stereocenters. The van der Waals surface area contributed by atoms with Crippen molar-refractivity contribution in [2.24, 2.45) is 0 Å². The Morgan fingerprint density at radius 2 is 2.00 bits per heavy atom. The second-order valence-corrected chi connectivity index (χ2v) is 11.0. The average molecular weight is 576 g/mol. The van der Waals surface area contributed by atoms with Crippen LogP contribution in [0.25, 0.3) is 11.2 Å². The number of nitrogens with one attached hydrogen (secondary N) is 2. The van der Waals surface area contributed by atoms with Gasteiger partial charge in [-0.2, -0.15) is 4.98 Å². The number of morpholine rings is 1. The van der Waals surface area contributed by atoms with Gasteiger partial charge in [0.15, 0.2) is 11.8 Å². The highest BCUT2D eigenvalue weighted by molar-refractivity contribution is 6.33. The van der Waals surface area contributed by atoms with Gasteiger partial charge in [0.05, 0.1) is 43.0 Å². The van der Waals surface area contributed by atoms with E-state index in [1.54, 1.807) is 6.07 Å². The highest BCUT2D eigenvalue weighted by Crippen LogP contribution is 2.39. The Kier molecular flexibility index (Phi) is 7.14. The molecule has 3 N–H and O–H groups in total. The third kappa shape index (κ3) is 5.08. The third-order valence-corrected chi connectivity index (χ3v) is 8.27. The molecule has 4 aliphatic rings. The van der Waals surface area contributed by atoms with E-state index in [4.69, 9.17) is 35.3 Å². The van der Waals surface area contributed by atoms with Crippen molar-refractivity contribution in [2.75, 3.05) is 58.0 Å². The van der Waals surface area contributed by atoms with Crippen LogP contribution in [0.3, 0.4) is 0 Å². The van der Waals surface area contributed by atoms with E-state index in [-0.39, 0.29) is 37.2 Å². The van der Waals surface area contributed by atoms with Crippen molar-refractivity contribution in [2.45, 2.75) is 43.3 Å². The van der Waals surface area contributed by atoms with Crippen LogP contribution in [-0.2, 0) is 20.6 Å². The first-order valence-electron chi connectivity index (χ1n) is 13.7. The maximum atomic E-state index is 15.3. The number of aliphatic hydroxyl groups is 1. The number of nitrogens with zero attached hydrogens (tertiary/aromatic N) is 3. The van der Waals surface area contributed by atoms with E-state index in [1.807, 2.05) is 6.07 Å². The van der Waals surface area contributed by atoms with Crippen LogP contribution in [-0.4, -0.2) is 102 Å². The number of benzene rings is 1. The first-order chi connectivity index (χ1) is 19.5. The monoisotopic (exact) mass is 575 g/mol. The Labute approximate surface area is 234 Å². The molecule has 0 bridgehead atoms. The van der Waals surface area contributed by atoms with Crippen LogP contribution in [0.1, 0.15) is 23.6 Å². The molecule has 3 aromatic rings. The summed E-state index contributed by atoms with van der Waals surface area (Å²) in [5.41, 5.74) is 2.54.